The van der Waals surface area contributed by atoms with Crippen LogP contribution in [0.5, 0.6) is 0 Å². The van der Waals surface area contributed by atoms with Crippen molar-refractivity contribution in [2.45, 2.75) is 34.1 Å². The minimum atomic E-state index is 0.517. The Morgan fingerprint density at radius 1 is 1.29 bits per heavy atom. The van der Waals surface area contributed by atoms with E-state index in [-0.39, 0.29) is 0 Å². The van der Waals surface area contributed by atoms with Crippen molar-refractivity contribution in [1.29, 1.82) is 0 Å². The van der Waals surface area contributed by atoms with E-state index in [0.717, 1.165) is 23.7 Å². The van der Waals surface area contributed by atoms with Crippen molar-refractivity contribution in [2.75, 3.05) is 0 Å². The molecule has 0 N–H and O–H groups in total. The zero-order valence-corrected chi connectivity index (χ0v) is 9.67. The predicted molar refractivity (Wildman–Crippen MR) is 59.9 cm³/mol. The third-order valence-electron chi connectivity index (χ3n) is 5.78. The minimum Gasteiger partial charge on any atom is -0.0845 e. The van der Waals surface area contributed by atoms with Crippen LogP contribution < -0.4 is 0 Å². The number of rotatable bonds is 0. The third-order valence-corrected chi connectivity index (χ3v) is 5.78. The van der Waals surface area contributed by atoms with E-state index < -0.39 is 0 Å². The maximum Gasteiger partial charge on any atom is 0.00137 e. The molecule has 76 valence electrons. The van der Waals surface area contributed by atoms with E-state index in [4.69, 9.17) is 0 Å². The van der Waals surface area contributed by atoms with Crippen molar-refractivity contribution in [3.63, 3.8) is 0 Å². The molecule has 0 aromatic rings. The maximum atomic E-state index is 2.51. The summed E-state index contributed by atoms with van der Waals surface area (Å²) in [5, 5.41) is 0. The molecule has 0 aromatic carbocycles. The number of fused-ring (bicyclic) bond motifs is 1. The van der Waals surface area contributed by atoms with Gasteiger partial charge in [0.1, 0.15) is 0 Å². The summed E-state index contributed by atoms with van der Waals surface area (Å²) in [5.74, 6) is 3.42. The fourth-order valence-corrected chi connectivity index (χ4v) is 4.43. The summed E-state index contributed by atoms with van der Waals surface area (Å²) in [4.78, 5) is 0. The van der Waals surface area contributed by atoms with Crippen LogP contribution in [0.25, 0.3) is 0 Å². The van der Waals surface area contributed by atoms with Gasteiger partial charge in [-0.2, -0.15) is 0 Å². The quantitative estimate of drug-likeness (QED) is 0.507. The van der Waals surface area contributed by atoms with Gasteiger partial charge in [-0.15, -0.1) is 0 Å². The fraction of sp³-hybridized carbons (Fsp3) is 0.714. The Morgan fingerprint density at radius 2 is 2.00 bits per heavy atom. The molecule has 3 aliphatic rings. The van der Waals surface area contributed by atoms with Gasteiger partial charge in [0.25, 0.3) is 0 Å². The summed E-state index contributed by atoms with van der Waals surface area (Å²) in [5.41, 5.74) is 3.88. The van der Waals surface area contributed by atoms with Crippen LogP contribution >= 0.6 is 0 Å². The standard InChI is InChI=1S/C14H20/c1-8-9(2)14(4)10(3)11-5-6-12(8)13(14)7-11/h5-6,10-13H,7H2,1-4H3/t10?,11-,12+,13-,14-/m1/s1. The van der Waals surface area contributed by atoms with Crippen molar-refractivity contribution in [1.82, 2.24) is 0 Å². The monoisotopic (exact) mass is 188 g/mol. The van der Waals surface area contributed by atoms with Gasteiger partial charge in [0.2, 0.25) is 0 Å². The van der Waals surface area contributed by atoms with Crippen LogP contribution in [0.1, 0.15) is 34.1 Å². The zero-order valence-electron chi connectivity index (χ0n) is 9.67. The molecule has 5 atom stereocenters. The van der Waals surface area contributed by atoms with Crippen LogP contribution in [-0.2, 0) is 0 Å². The second-order valence-corrected chi connectivity index (χ2v) is 5.80. The zero-order chi connectivity index (χ0) is 10.1. The minimum absolute atomic E-state index is 0.517. The van der Waals surface area contributed by atoms with Gasteiger partial charge in [0, 0.05) is 5.92 Å². The molecular formula is C14H20. The molecule has 14 heavy (non-hydrogen) atoms. The fourth-order valence-electron chi connectivity index (χ4n) is 4.43. The molecule has 0 heteroatoms. The van der Waals surface area contributed by atoms with E-state index in [0.29, 0.717) is 5.41 Å². The van der Waals surface area contributed by atoms with Gasteiger partial charge in [0.05, 0.1) is 0 Å². The lowest BCUT2D eigenvalue weighted by molar-refractivity contribution is 0.223. The summed E-state index contributed by atoms with van der Waals surface area (Å²) >= 11 is 0. The molecule has 0 saturated heterocycles. The first-order chi connectivity index (χ1) is 6.56. The van der Waals surface area contributed by atoms with Gasteiger partial charge < -0.3 is 0 Å². The Balaban J connectivity index is 2.22. The van der Waals surface area contributed by atoms with E-state index in [2.05, 4.69) is 39.8 Å². The van der Waals surface area contributed by atoms with Gasteiger partial charge in [-0.3, -0.25) is 0 Å². The Labute approximate surface area is 87.1 Å². The molecule has 3 aliphatic carbocycles. The lowest BCUT2D eigenvalue weighted by atomic mass is 9.71. The van der Waals surface area contributed by atoms with Crippen LogP contribution in [0.15, 0.2) is 23.3 Å². The van der Waals surface area contributed by atoms with E-state index in [1.165, 1.54) is 6.42 Å². The van der Waals surface area contributed by atoms with Crippen LogP contribution in [0.3, 0.4) is 0 Å². The van der Waals surface area contributed by atoms with Crippen LogP contribution in [-0.4, -0.2) is 0 Å². The number of allylic oxidation sites excluding steroid dienone is 4. The van der Waals surface area contributed by atoms with E-state index >= 15 is 0 Å². The Morgan fingerprint density at radius 3 is 2.71 bits per heavy atom. The average molecular weight is 188 g/mol. The molecule has 0 amide bonds. The smallest absolute Gasteiger partial charge is 0.00137 e. The van der Waals surface area contributed by atoms with Crippen molar-refractivity contribution in [3.8, 4) is 0 Å². The summed E-state index contributed by atoms with van der Waals surface area (Å²) in [6.07, 6.45) is 6.42. The second kappa shape index (κ2) is 2.35. The van der Waals surface area contributed by atoms with Gasteiger partial charge in [-0.25, -0.2) is 0 Å². The average Bonchev–Trinajstić information content (AvgIpc) is 2.51. The first kappa shape index (κ1) is 8.76. The Kier molecular flexibility index (Phi) is 1.47. The normalized spacial score (nSPS) is 54.6. The Hall–Kier alpha value is -0.520. The molecule has 3 rings (SSSR count). The van der Waals surface area contributed by atoms with Gasteiger partial charge in [0.15, 0.2) is 0 Å². The van der Waals surface area contributed by atoms with Crippen LogP contribution in [0, 0.1) is 29.1 Å². The molecule has 1 unspecified atom stereocenters. The van der Waals surface area contributed by atoms with Crippen LogP contribution in [0.4, 0.5) is 0 Å². The highest BCUT2D eigenvalue weighted by Crippen LogP contribution is 2.65. The van der Waals surface area contributed by atoms with E-state index in [1.807, 2.05) is 0 Å². The van der Waals surface area contributed by atoms with Gasteiger partial charge >= 0.3 is 0 Å². The highest BCUT2D eigenvalue weighted by atomic mass is 14.6. The molecule has 0 spiro atoms. The highest BCUT2D eigenvalue weighted by Gasteiger charge is 2.57. The lowest BCUT2D eigenvalue weighted by Gasteiger charge is -2.32. The van der Waals surface area contributed by atoms with Crippen molar-refractivity contribution in [3.05, 3.63) is 23.3 Å². The molecule has 0 aliphatic heterocycles. The van der Waals surface area contributed by atoms with E-state index in [9.17, 15) is 0 Å². The van der Waals surface area contributed by atoms with Gasteiger partial charge in [-0.1, -0.05) is 37.1 Å². The molecule has 1 fully saturated rings. The first-order valence-corrected chi connectivity index (χ1v) is 5.93. The van der Waals surface area contributed by atoms with Gasteiger partial charge in [-0.05, 0) is 43.4 Å². The number of hydrogen-bond donors (Lipinski definition) is 0. The molecule has 0 radical (unpaired) electrons. The topological polar surface area (TPSA) is 0 Å². The summed E-state index contributed by atoms with van der Waals surface area (Å²) in [6.45, 7) is 9.69. The number of hydrogen-bond acceptors (Lipinski definition) is 0. The molecule has 0 aromatic heterocycles. The van der Waals surface area contributed by atoms with Crippen LogP contribution in [0.2, 0.25) is 0 Å². The Bertz CT molecular complexity index is 347. The summed E-state index contributed by atoms with van der Waals surface area (Å²) < 4.78 is 0. The largest absolute Gasteiger partial charge is 0.0845 e. The first-order valence-electron chi connectivity index (χ1n) is 5.93. The van der Waals surface area contributed by atoms with Crippen molar-refractivity contribution < 1.29 is 0 Å². The predicted octanol–water partition coefficient (Wildman–Crippen LogP) is 3.80. The summed E-state index contributed by atoms with van der Waals surface area (Å²) in [6, 6.07) is 0. The molecular weight excluding hydrogens is 168 g/mol. The molecule has 1 saturated carbocycles. The molecule has 2 bridgehead atoms. The second-order valence-electron chi connectivity index (χ2n) is 5.80. The van der Waals surface area contributed by atoms with Crippen molar-refractivity contribution >= 4 is 0 Å². The van der Waals surface area contributed by atoms with E-state index in [1.54, 1.807) is 11.1 Å². The molecule has 0 nitrogen and oxygen atoms in total. The molecule has 0 heterocycles. The van der Waals surface area contributed by atoms with Crippen molar-refractivity contribution in [2.24, 2.45) is 29.1 Å². The highest BCUT2D eigenvalue weighted by molar-refractivity contribution is 5.39. The summed E-state index contributed by atoms with van der Waals surface area (Å²) in [7, 11) is 0. The lowest BCUT2D eigenvalue weighted by Crippen LogP contribution is -2.26. The third kappa shape index (κ3) is 0.699. The SMILES string of the molecule is CC1=C(C)[C@]2(C)C(C)[C@@H]3C=C[C@@H]1[C@H]2C3. The maximum absolute atomic E-state index is 2.51.